The van der Waals surface area contributed by atoms with Gasteiger partial charge in [0.2, 0.25) is 0 Å². The molecule has 1 aliphatic carbocycles. The number of ether oxygens (including phenoxy) is 2. The smallest absolute Gasteiger partial charge is 0.338 e. The minimum Gasteiger partial charge on any atom is -0.423 e. The first kappa shape index (κ1) is 12.3. The molecule has 2 aliphatic rings. The van der Waals surface area contributed by atoms with Crippen molar-refractivity contribution in [1.82, 2.24) is 0 Å². The van der Waals surface area contributed by atoms with E-state index in [0.29, 0.717) is 11.1 Å². The first-order valence-corrected chi connectivity index (χ1v) is 6.04. The average molecular weight is 262 g/mol. The molecule has 19 heavy (non-hydrogen) atoms. The fraction of sp³-hybridized carbons (Fsp3) is 0.357. The maximum atomic E-state index is 11.6. The molecule has 1 aliphatic heterocycles. The molecule has 0 radical (unpaired) electrons. The molecule has 0 unspecified atom stereocenters. The number of esters is 1. The fourth-order valence-corrected chi connectivity index (χ4v) is 2.51. The van der Waals surface area contributed by atoms with Gasteiger partial charge < -0.3 is 9.47 Å². The van der Waals surface area contributed by atoms with E-state index in [1.165, 1.54) is 0 Å². The number of carbonyl (C=O) groups excluding carboxylic acids is 1. The highest BCUT2D eigenvalue weighted by Gasteiger charge is 2.51. The summed E-state index contributed by atoms with van der Waals surface area (Å²) in [6.45, 7) is 3.36. The predicted octanol–water partition coefficient (Wildman–Crippen LogP) is 2.08. The summed E-state index contributed by atoms with van der Waals surface area (Å²) in [4.78, 5) is 16.2. The van der Waals surface area contributed by atoms with Gasteiger partial charge in [-0.3, -0.25) is 5.26 Å². The minimum absolute atomic E-state index is 0.409. The Morgan fingerprint density at radius 1 is 1.26 bits per heavy atom. The van der Waals surface area contributed by atoms with Crippen molar-refractivity contribution < 1.29 is 24.4 Å². The highest BCUT2D eigenvalue weighted by Crippen LogP contribution is 2.46. The maximum Gasteiger partial charge on any atom is 0.338 e. The normalized spacial score (nSPS) is 36.4. The first-order valence-electron chi connectivity index (χ1n) is 6.04. The van der Waals surface area contributed by atoms with Crippen molar-refractivity contribution in [2.24, 2.45) is 0 Å². The van der Waals surface area contributed by atoms with Crippen LogP contribution in [0.5, 0.6) is 0 Å². The second-order valence-corrected chi connectivity index (χ2v) is 4.93. The van der Waals surface area contributed by atoms with E-state index in [0.717, 1.165) is 0 Å². The van der Waals surface area contributed by atoms with E-state index in [2.05, 4.69) is 4.89 Å². The fourth-order valence-electron chi connectivity index (χ4n) is 2.51. The van der Waals surface area contributed by atoms with Gasteiger partial charge in [-0.1, -0.05) is 24.3 Å². The first-order chi connectivity index (χ1) is 9.01. The highest BCUT2D eigenvalue weighted by molar-refractivity contribution is 5.77. The lowest BCUT2D eigenvalue weighted by atomic mass is 9.82. The lowest BCUT2D eigenvalue weighted by Gasteiger charge is -2.36. The monoisotopic (exact) mass is 262 g/mol. The van der Waals surface area contributed by atoms with Crippen LogP contribution in [0.25, 0.3) is 0 Å². The van der Waals surface area contributed by atoms with Crippen LogP contribution >= 0.6 is 0 Å². The van der Waals surface area contributed by atoms with Gasteiger partial charge >= 0.3 is 5.97 Å². The summed E-state index contributed by atoms with van der Waals surface area (Å²) >= 11 is 0. The van der Waals surface area contributed by atoms with Crippen molar-refractivity contribution in [3.63, 3.8) is 0 Å². The molecule has 0 bridgehead atoms. The Morgan fingerprint density at radius 2 is 1.95 bits per heavy atom. The molecule has 3 rings (SSSR count). The zero-order chi connectivity index (χ0) is 13.7. The molecule has 1 aromatic carbocycles. The molecule has 3 atom stereocenters. The van der Waals surface area contributed by atoms with E-state index in [1.807, 2.05) is 12.1 Å². The van der Waals surface area contributed by atoms with Crippen LogP contribution in [0.2, 0.25) is 0 Å². The van der Waals surface area contributed by atoms with Crippen LogP contribution in [-0.4, -0.2) is 17.3 Å². The standard InChI is InChI=1S/C14H14O5/c1-9-12(15)18-14(17-9)8-7-13(2,19-16)10-5-3-4-6-11(10)14/h3-9,16H,1-2H3/t9-,13-,14-/m1/s1. The third-order valence-electron chi connectivity index (χ3n) is 3.58. The summed E-state index contributed by atoms with van der Waals surface area (Å²) in [6, 6.07) is 7.24. The van der Waals surface area contributed by atoms with Gasteiger partial charge in [0.25, 0.3) is 5.79 Å². The Hall–Kier alpha value is -1.69. The molecule has 0 aromatic heterocycles. The van der Waals surface area contributed by atoms with Gasteiger partial charge in [0.15, 0.2) is 6.10 Å². The molecule has 1 heterocycles. The Bertz CT molecular complexity index is 567. The third-order valence-corrected chi connectivity index (χ3v) is 3.58. The molecule has 1 saturated heterocycles. The topological polar surface area (TPSA) is 65.0 Å². The van der Waals surface area contributed by atoms with Gasteiger partial charge in [-0.2, -0.15) is 0 Å². The molecular formula is C14H14O5. The summed E-state index contributed by atoms with van der Waals surface area (Å²) in [7, 11) is 0. The number of fused-ring (bicyclic) bond motifs is 2. The summed E-state index contributed by atoms with van der Waals surface area (Å²) in [5, 5.41) is 9.13. The van der Waals surface area contributed by atoms with Crippen molar-refractivity contribution in [3.05, 3.63) is 47.5 Å². The number of rotatable bonds is 1. The van der Waals surface area contributed by atoms with Crippen LogP contribution in [0.3, 0.4) is 0 Å². The summed E-state index contributed by atoms with van der Waals surface area (Å²) in [5.74, 6) is -1.63. The van der Waals surface area contributed by atoms with Crippen molar-refractivity contribution in [1.29, 1.82) is 0 Å². The molecule has 100 valence electrons. The van der Waals surface area contributed by atoms with E-state index in [9.17, 15) is 4.79 Å². The Morgan fingerprint density at radius 3 is 2.53 bits per heavy atom. The molecular weight excluding hydrogens is 248 g/mol. The average Bonchev–Trinajstić information content (AvgIpc) is 2.71. The van der Waals surface area contributed by atoms with E-state index >= 15 is 0 Å². The van der Waals surface area contributed by atoms with Gasteiger partial charge in [-0.15, -0.1) is 0 Å². The van der Waals surface area contributed by atoms with Gasteiger partial charge in [-0.05, 0) is 26.0 Å². The van der Waals surface area contributed by atoms with Crippen molar-refractivity contribution in [2.45, 2.75) is 31.3 Å². The Kier molecular flexibility index (Phi) is 2.53. The molecule has 5 heteroatoms. The quantitative estimate of drug-likeness (QED) is 0.363. The van der Waals surface area contributed by atoms with Gasteiger partial charge in [-0.25, -0.2) is 9.68 Å². The van der Waals surface area contributed by atoms with Crippen LogP contribution in [0, 0.1) is 0 Å². The van der Waals surface area contributed by atoms with E-state index in [1.54, 1.807) is 38.1 Å². The second-order valence-electron chi connectivity index (χ2n) is 4.93. The second kappa shape index (κ2) is 3.90. The SMILES string of the molecule is C[C@H]1O[C@]2(C=C[C@@](C)(OO)c3ccccc32)OC1=O. The molecule has 0 amide bonds. The number of hydrogen-bond acceptors (Lipinski definition) is 5. The lowest BCUT2D eigenvalue weighted by Crippen LogP contribution is -2.37. The Labute approximate surface area is 110 Å². The number of hydrogen-bond donors (Lipinski definition) is 1. The van der Waals surface area contributed by atoms with E-state index < -0.39 is 23.5 Å². The predicted molar refractivity (Wildman–Crippen MR) is 65.0 cm³/mol. The largest absolute Gasteiger partial charge is 0.423 e. The Balaban J connectivity index is 2.17. The van der Waals surface area contributed by atoms with Gasteiger partial charge in [0, 0.05) is 11.1 Å². The van der Waals surface area contributed by atoms with Crippen LogP contribution in [0.1, 0.15) is 25.0 Å². The van der Waals surface area contributed by atoms with Crippen LogP contribution in [0.4, 0.5) is 0 Å². The summed E-state index contributed by atoms with van der Waals surface area (Å²) < 4.78 is 11.1. The molecule has 1 N–H and O–H groups in total. The highest BCUT2D eigenvalue weighted by atomic mass is 17.1. The van der Waals surface area contributed by atoms with E-state index in [4.69, 9.17) is 14.7 Å². The van der Waals surface area contributed by atoms with Crippen LogP contribution < -0.4 is 0 Å². The molecule has 5 nitrogen and oxygen atoms in total. The zero-order valence-electron chi connectivity index (χ0n) is 10.6. The molecule has 0 saturated carbocycles. The molecule has 1 spiro atoms. The minimum atomic E-state index is -1.22. The lowest BCUT2D eigenvalue weighted by molar-refractivity contribution is -0.310. The van der Waals surface area contributed by atoms with Crippen molar-refractivity contribution in [3.8, 4) is 0 Å². The van der Waals surface area contributed by atoms with Gasteiger partial charge in [0.1, 0.15) is 5.60 Å². The van der Waals surface area contributed by atoms with Crippen LogP contribution in [-0.2, 0) is 30.5 Å². The van der Waals surface area contributed by atoms with E-state index in [-0.39, 0.29) is 0 Å². The number of carbonyl (C=O) groups is 1. The van der Waals surface area contributed by atoms with Crippen molar-refractivity contribution in [2.75, 3.05) is 0 Å². The third kappa shape index (κ3) is 1.63. The summed E-state index contributed by atoms with van der Waals surface area (Å²) in [6.07, 6.45) is 2.60. The van der Waals surface area contributed by atoms with Crippen LogP contribution in [0.15, 0.2) is 36.4 Å². The van der Waals surface area contributed by atoms with Gasteiger partial charge in [0.05, 0.1) is 0 Å². The molecule has 1 fully saturated rings. The maximum absolute atomic E-state index is 11.6. The zero-order valence-corrected chi connectivity index (χ0v) is 10.6. The molecule has 1 aromatic rings. The summed E-state index contributed by atoms with van der Waals surface area (Å²) in [5.41, 5.74) is 0.373. The number of benzene rings is 1. The van der Waals surface area contributed by atoms with Crippen molar-refractivity contribution >= 4 is 5.97 Å².